The van der Waals surface area contributed by atoms with E-state index in [2.05, 4.69) is 28.2 Å². The van der Waals surface area contributed by atoms with Crippen molar-refractivity contribution in [3.8, 4) is 0 Å². The van der Waals surface area contributed by atoms with Crippen LogP contribution in [0.5, 0.6) is 0 Å². The summed E-state index contributed by atoms with van der Waals surface area (Å²) in [5.74, 6) is -0.109. The normalized spacial score (nSPS) is 15.4. The molecule has 0 bridgehead atoms. The topological polar surface area (TPSA) is 74.5 Å². The molecular formula is C21H25N5O2. The molecular weight excluding hydrogens is 354 g/mol. The lowest BCUT2D eigenvalue weighted by Crippen LogP contribution is -2.33. The molecule has 0 fully saturated rings. The molecule has 7 nitrogen and oxygen atoms in total. The molecule has 3 aromatic rings. The third kappa shape index (κ3) is 3.90. The molecule has 1 aromatic carbocycles. The predicted molar refractivity (Wildman–Crippen MR) is 106 cm³/mol. The van der Waals surface area contributed by atoms with Crippen molar-refractivity contribution in [3.63, 3.8) is 0 Å². The summed E-state index contributed by atoms with van der Waals surface area (Å²) in [6.07, 6.45) is -0.822. The van der Waals surface area contributed by atoms with E-state index in [-0.39, 0.29) is 12.3 Å². The number of aliphatic hydroxyl groups excluding tert-OH is 1. The van der Waals surface area contributed by atoms with E-state index in [0.717, 1.165) is 48.5 Å². The van der Waals surface area contributed by atoms with Crippen LogP contribution in [0.2, 0.25) is 0 Å². The van der Waals surface area contributed by atoms with Crippen LogP contribution in [-0.4, -0.2) is 56.2 Å². The van der Waals surface area contributed by atoms with Gasteiger partial charge in [-0.1, -0.05) is 24.3 Å². The standard InChI is InChI=1S/C21H25N5O2/c1-24(2)21(28)12-20(27)19-11-17-14-25(9-10-26(17)23-19)13-16-8-7-15-5-3-4-6-18(15)22-16/h3-8,11,20,27H,9-10,12-14H2,1-2H3/t20-/m1/s1. The highest BCUT2D eigenvalue weighted by Crippen LogP contribution is 2.22. The summed E-state index contributed by atoms with van der Waals surface area (Å²) in [6, 6.07) is 14.2. The lowest BCUT2D eigenvalue weighted by atomic mass is 10.1. The molecule has 0 unspecified atom stereocenters. The van der Waals surface area contributed by atoms with Crippen molar-refractivity contribution in [1.82, 2.24) is 24.6 Å². The second-order valence-electron chi connectivity index (χ2n) is 7.50. The Morgan fingerprint density at radius 2 is 2.04 bits per heavy atom. The Morgan fingerprint density at radius 1 is 1.21 bits per heavy atom. The van der Waals surface area contributed by atoms with Crippen LogP contribution in [0.15, 0.2) is 42.5 Å². The molecule has 1 atom stereocenters. The summed E-state index contributed by atoms with van der Waals surface area (Å²) < 4.78 is 1.93. The minimum Gasteiger partial charge on any atom is -0.386 e. The fraction of sp³-hybridized carbons (Fsp3) is 0.381. The first-order valence-electron chi connectivity index (χ1n) is 9.51. The van der Waals surface area contributed by atoms with Gasteiger partial charge in [-0.2, -0.15) is 5.10 Å². The van der Waals surface area contributed by atoms with E-state index < -0.39 is 6.10 Å². The van der Waals surface area contributed by atoms with E-state index in [0.29, 0.717) is 5.69 Å². The van der Waals surface area contributed by atoms with Gasteiger partial charge in [-0.15, -0.1) is 0 Å². The molecule has 1 amide bonds. The van der Waals surface area contributed by atoms with Crippen LogP contribution in [0.4, 0.5) is 0 Å². The van der Waals surface area contributed by atoms with Crippen LogP contribution in [0, 0.1) is 0 Å². The minimum absolute atomic E-state index is 0.0498. The number of fused-ring (bicyclic) bond motifs is 2. The number of carbonyl (C=O) groups is 1. The van der Waals surface area contributed by atoms with E-state index in [4.69, 9.17) is 4.98 Å². The molecule has 28 heavy (non-hydrogen) atoms. The number of rotatable bonds is 5. The summed E-state index contributed by atoms with van der Waals surface area (Å²) in [7, 11) is 3.37. The Bertz CT molecular complexity index is 997. The molecule has 7 heteroatoms. The summed E-state index contributed by atoms with van der Waals surface area (Å²) >= 11 is 0. The Hall–Kier alpha value is -2.77. The molecule has 2 aromatic heterocycles. The first-order chi connectivity index (χ1) is 13.5. The quantitative estimate of drug-likeness (QED) is 0.734. The van der Waals surface area contributed by atoms with Crippen molar-refractivity contribution >= 4 is 16.8 Å². The number of nitrogens with zero attached hydrogens (tertiary/aromatic N) is 5. The maximum absolute atomic E-state index is 11.8. The number of hydrogen-bond acceptors (Lipinski definition) is 5. The Labute approximate surface area is 164 Å². The molecule has 0 saturated carbocycles. The Morgan fingerprint density at radius 3 is 2.86 bits per heavy atom. The maximum atomic E-state index is 11.8. The molecule has 3 heterocycles. The number of hydrogen-bond donors (Lipinski definition) is 1. The van der Waals surface area contributed by atoms with Crippen LogP contribution in [0.1, 0.15) is 29.6 Å². The number of carbonyl (C=O) groups excluding carboxylic acids is 1. The molecule has 0 saturated heterocycles. The SMILES string of the molecule is CN(C)C(=O)C[C@@H](O)c1cc2n(n1)CCN(Cc1ccc3ccccc3n1)C2. The molecule has 1 aliphatic heterocycles. The zero-order valence-electron chi connectivity index (χ0n) is 16.2. The molecule has 0 spiro atoms. The highest BCUT2D eigenvalue weighted by atomic mass is 16.3. The zero-order chi connectivity index (χ0) is 19.7. The number of aliphatic hydroxyl groups is 1. The van der Waals surface area contributed by atoms with Crippen molar-refractivity contribution in [1.29, 1.82) is 0 Å². The van der Waals surface area contributed by atoms with E-state index >= 15 is 0 Å². The van der Waals surface area contributed by atoms with Crippen LogP contribution >= 0.6 is 0 Å². The second-order valence-corrected chi connectivity index (χ2v) is 7.50. The minimum atomic E-state index is -0.872. The second kappa shape index (κ2) is 7.69. The molecule has 0 aliphatic carbocycles. The molecule has 146 valence electrons. The lowest BCUT2D eigenvalue weighted by molar-refractivity contribution is -0.130. The summed E-state index contributed by atoms with van der Waals surface area (Å²) in [5.41, 5.74) is 3.68. The monoisotopic (exact) mass is 379 g/mol. The van der Waals surface area contributed by atoms with E-state index in [1.807, 2.05) is 28.9 Å². The average Bonchev–Trinajstić information content (AvgIpc) is 3.11. The van der Waals surface area contributed by atoms with Gasteiger partial charge in [0.1, 0.15) is 6.10 Å². The van der Waals surface area contributed by atoms with Gasteiger partial charge in [-0.05, 0) is 18.2 Å². The first kappa shape index (κ1) is 18.6. The third-order valence-electron chi connectivity index (χ3n) is 5.15. The highest BCUT2D eigenvalue weighted by Gasteiger charge is 2.23. The van der Waals surface area contributed by atoms with Gasteiger partial charge < -0.3 is 10.0 Å². The largest absolute Gasteiger partial charge is 0.386 e. The summed E-state index contributed by atoms with van der Waals surface area (Å²) in [4.78, 5) is 20.4. The highest BCUT2D eigenvalue weighted by molar-refractivity contribution is 5.78. The summed E-state index contributed by atoms with van der Waals surface area (Å²) in [6.45, 7) is 3.15. The number of amides is 1. The fourth-order valence-electron chi connectivity index (χ4n) is 3.52. The van der Waals surface area contributed by atoms with Gasteiger partial charge in [0, 0.05) is 39.1 Å². The molecule has 1 aliphatic rings. The smallest absolute Gasteiger partial charge is 0.225 e. The van der Waals surface area contributed by atoms with E-state index in [1.54, 1.807) is 14.1 Å². The van der Waals surface area contributed by atoms with Crippen LogP contribution in [0.3, 0.4) is 0 Å². The third-order valence-corrected chi connectivity index (χ3v) is 5.15. The van der Waals surface area contributed by atoms with Gasteiger partial charge in [0.05, 0.1) is 35.6 Å². The van der Waals surface area contributed by atoms with Gasteiger partial charge in [-0.25, -0.2) is 0 Å². The molecule has 4 rings (SSSR count). The van der Waals surface area contributed by atoms with Gasteiger partial charge in [-0.3, -0.25) is 19.4 Å². The van der Waals surface area contributed by atoms with Crippen LogP contribution in [-0.2, 0) is 24.4 Å². The van der Waals surface area contributed by atoms with E-state index in [1.165, 1.54) is 4.90 Å². The first-order valence-corrected chi connectivity index (χ1v) is 9.51. The Balaban J connectivity index is 1.44. The van der Waals surface area contributed by atoms with Gasteiger partial charge in [0.2, 0.25) is 5.91 Å². The van der Waals surface area contributed by atoms with Gasteiger partial charge in [0.15, 0.2) is 0 Å². The van der Waals surface area contributed by atoms with Crippen LogP contribution in [0.25, 0.3) is 10.9 Å². The zero-order valence-corrected chi connectivity index (χ0v) is 16.2. The number of pyridine rings is 1. The number of para-hydroxylation sites is 1. The molecule has 0 radical (unpaired) electrons. The van der Waals surface area contributed by atoms with Gasteiger partial charge >= 0.3 is 0 Å². The lowest BCUT2D eigenvalue weighted by Gasteiger charge is -2.27. The van der Waals surface area contributed by atoms with Crippen molar-refractivity contribution < 1.29 is 9.90 Å². The predicted octanol–water partition coefficient (Wildman–Crippen LogP) is 1.96. The van der Waals surface area contributed by atoms with Gasteiger partial charge in [0.25, 0.3) is 0 Å². The fourth-order valence-corrected chi connectivity index (χ4v) is 3.52. The van der Waals surface area contributed by atoms with Crippen molar-refractivity contribution in [2.45, 2.75) is 32.2 Å². The van der Waals surface area contributed by atoms with Crippen LogP contribution < -0.4 is 0 Å². The van der Waals surface area contributed by atoms with Crippen molar-refractivity contribution in [2.24, 2.45) is 0 Å². The number of aromatic nitrogens is 3. The Kier molecular flexibility index (Phi) is 5.11. The average molecular weight is 379 g/mol. The van der Waals surface area contributed by atoms with Crippen molar-refractivity contribution in [3.05, 3.63) is 59.5 Å². The number of benzene rings is 1. The maximum Gasteiger partial charge on any atom is 0.225 e. The van der Waals surface area contributed by atoms with Crippen molar-refractivity contribution in [2.75, 3.05) is 20.6 Å². The van der Waals surface area contributed by atoms with E-state index in [9.17, 15) is 9.90 Å². The summed E-state index contributed by atoms with van der Waals surface area (Å²) in [5, 5.41) is 16.0. The molecule has 1 N–H and O–H groups in total.